The Morgan fingerprint density at radius 2 is 2.40 bits per heavy atom. The fourth-order valence-electron chi connectivity index (χ4n) is 2.33. The highest BCUT2D eigenvalue weighted by Gasteiger charge is 2.34. The monoisotopic (exact) mass is 264 g/mol. The molecule has 1 fully saturated rings. The summed E-state index contributed by atoms with van der Waals surface area (Å²) in [7, 11) is 0. The third-order valence-electron chi connectivity index (χ3n) is 3.37. The van der Waals surface area contributed by atoms with Gasteiger partial charge in [0.05, 0.1) is 0 Å². The van der Waals surface area contributed by atoms with Crippen LogP contribution in [0.5, 0.6) is 0 Å². The quantitative estimate of drug-likeness (QED) is 0.789. The summed E-state index contributed by atoms with van der Waals surface area (Å²) in [4.78, 5) is 4.35. The highest BCUT2D eigenvalue weighted by molar-refractivity contribution is 9.10. The smallest absolute Gasteiger partial charge is 0.109 e. The second kappa shape index (κ2) is 3.42. The third-order valence-corrected chi connectivity index (χ3v) is 4.20. The maximum atomic E-state index is 4.35. The van der Waals surface area contributed by atoms with Crippen molar-refractivity contribution in [3.8, 4) is 0 Å². The number of hydrogen-bond donors (Lipinski definition) is 1. The molecule has 0 amide bonds. The molecule has 1 aromatic rings. The van der Waals surface area contributed by atoms with E-state index in [-0.39, 0.29) is 0 Å². The van der Waals surface area contributed by atoms with Crippen LogP contribution in [0, 0.1) is 12.8 Å². The van der Waals surface area contributed by atoms with Crippen LogP contribution in [0.15, 0.2) is 22.9 Å². The first-order chi connectivity index (χ1) is 7.24. The standard InChI is InChI=1S/C12H13BrN2/c1-7-2-9(5-15-12(7)13)8-3-10-6-14-11(10)4-8/h2-3,5,10-11,14H,4,6H2,1H3/t10-,11-/m0/s1. The second-order valence-corrected chi connectivity index (χ2v) is 5.16. The molecule has 15 heavy (non-hydrogen) atoms. The van der Waals surface area contributed by atoms with E-state index in [4.69, 9.17) is 0 Å². The number of aromatic nitrogens is 1. The molecular formula is C12H13BrN2. The molecule has 2 heterocycles. The Labute approximate surface area is 97.9 Å². The van der Waals surface area contributed by atoms with E-state index in [0.717, 1.165) is 23.5 Å². The fourth-order valence-corrected chi connectivity index (χ4v) is 2.55. The number of fused-ring (bicyclic) bond motifs is 1. The number of hydrogen-bond acceptors (Lipinski definition) is 2. The van der Waals surface area contributed by atoms with Gasteiger partial charge < -0.3 is 5.32 Å². The molecule has 2 atom stereocenters. The summed E-state index contributed by atoms with van der Waals surface area (Å²) in [6.07, 6.45) is 5.53. The highest BCUT2D eigenvalue weighted by atomic mass is 79.9. The molecule has 1 aliphatic heterocycles. The number of rotatable bonds is 1. The highest BCUT2D eigenvalue weighted by Crippen LogP contribution is 2.36. The molecule has 2 nitrogen and oxygen atoms in total. The van der Waals surface area contributed by atoms with Gasteiger partial charge in [0, 0.05) is 24.7 Å². The normalized spacial score (nSPS) is 28.3. The van der Waals surface area contributed by atoms with E-state index < -0.39 is 0 Å². The molecule has 1 aromatic heterocycles. The van der Waals surface area contributed by atoms with E-state index in [9.17, 15) is 0 Å². The lowest BCUT2D eigenvalue weighted by molar-refractivity contribution is 0.306. The molecule has 3 rings (SSSR count). The van der Waals surface area contributed by atoms with Crippen molar-refractivity contribution < 1.29 is 0 Å². The molecule has 0 unspecified atom stereocenters. The van der Waals surface area contributed by atoms with E-state index >= 15 is 0 Å². The van der Waals surface area contributed by atoms with Gasteiger partial charge in [-0.3, -0.25) is 0 Å². The van der Waals surface area contributed by atoms with Gasteiger partial charge in [0.15, 0.2) is 0 Å². The number of aryl methyl sites for hydroxylation is 1. The van der Waals surface area contributed by atoms with Crippen LogP contribution in [0.2, 0.25) is 0 Å². The molecule has 1 N–H and O–H groups in total. The van der Waals surface area contributed by atoms with E-state index in [1.165, 1.54) is 16.7 Å². The minimum absolute atomic E-state index is 0.698. The van der Waals surface area contributed by atoms with Crippen LogP contribution in [-0.2, 0) is 0 Å². The molecule has 1 saturated heterocycles. The Bertz CT molecular complexity index is 439. The average Bonchev–Trinajstić information content (AvgIpc) is 2.48. The van der Waals surface area contributed by atoms with Crippen LogP contribution in [-0.4, -0.2) is 17.6 Å². The maximum absolute atomic E-state index is 4.35. The summed E-state index contributed by atoms with van der Waals surface area (Å²) in [5.41, 5.74) is 3.95. The number of nitrogens with zero attached hydrogens (tertiary/aromatic N) is 1. The first kappa shape index (κ1) is 9.55. The molecular weight excluding hydrogens is 252 g/mol. The fraction of sp³-hybridized carbons (Fsp3) is 0.417. The minimum atomic E-state index is 0.698. The summed E-state index contributed by atoms with van der Waals surface area (Å²) < 4.78 is 0.950. The minimum Gasteiger partial charge on any atom is -0.312 e. The van der Waals surface area contributed by atoms with E-state index in [2.05, 4.69) is 45.3 Å². The van der Waals surface area contributed by atoms with Crippen molar-refractivity contribution in [1.29, 1.82) is 0 Å². The molecule has 0 saturated carbocycles. The van der Waals surface area contributed by atoms with Crippen molar-refractivity contribution in [1.82, 2.24) is 10.3 Å². The molecule has 3 heteroatoms. The Morgan fingerprint density at radius 1 is 1.53 bits per heavy atom. The summed E-state index contributed by atoms with van der Waals surface area (Å²) in [5, 5.41) is 3.45. The zero-order chi connectivity index (χ0) is 10.4. The largest absolute Gasteiger partial charge is 0.312 e. The summed E-state index contributed by atoms with van der Waals surface area (Å²) in [5.74, 6) is 0.768. The molecule has 0 aromatic carbocycles. The van der Waals surface area contributed by atoms with Crippen LogP contribution in [0.25, 0.3) is 5.57 Å². The van der Waals surface area contributed by atoms with Gasteiger partial charge in [-0.2, -0.15) is 0 Å². The molecule has 0 radical (unpaired) electrons. The zero-order valence-electron chi connectivity index (χ0n) is 8.63. The van der Waals surface area contributed by atoms with Crippen molar-refractivity contribution in [3.05, 3.63) is 34.1 Å². The Hall–Kier alpha value is -0.670. The number of pyridine rings is 1. The maximum Gasteiger partial charge on any atom is 0.109 e. The topological polar surface area (TPSA) is 24.9 Å². The van der Waals surface area contributed by atoms with Gasteiger partial charge in [-0.15, -0.1) is 0 Å². The molecule has 1 aliphatic carbocycles. The number of halogens is 1. The molecule has 78 valence electrons. The van der Waals surface area contributed by atoms with Gasteiger partial charge in [0.1, 0.15) is 4.60 Å². The lowest BCUT2D eigenvalue weighted by Gasteiger charge is -2.31. The average molecular weight is 265 g/mol. The molecule has 0 spiro atoms. The van der Waals surface area contributed by atoms with Gasteiger partial charge in [0.25, 0.3) is 0 Å². The zero-order valence-corrected chi connectivity index (χ0v) is 10.2. The Morgan fingerprint density at radius 3 is 2.93 bits per heavy atom. The SMILES string of the molecule is Cc1cc(C2=C[C@H]3CN[C@H]3C2)cnc1Br. The molecule has 2 aliphatic rings. The van der Waals surface area contributed by atoms with Crippen molar-refractivity contribution in [2.45, 2.75) is 19.4 Å². The van der Waals surface area contributed by atoms with Crippen LogP contribution < -0.4 is 5.32 Å². The lowest BCUT2D eigenvalue weighted by Crippen LogP contribution is -2.49. The summed E-state index contributed by atoms with van der Waals surface area (Å²) in [6, 6.07) is 2.91. The van der Waals surface area contributed by atoms with Crippen molar-refractivity contribution in [2.75, 3.05) is 6.54 Å². The van der Waals surface area contributed by atoms with Gasteiger partial charge in [-0.05, 0) is 52.0 Å². The predicted molar refractivity (Wildman–Crippen MR) is 64.5 cm³/mol. The van der Waals surface area contributed by atoms with Crippen molar-refractivity contribution in [3.63, 3.8) is 0 Å². The van der Waals surface area contributed by atoms with Crippen molar-refractivity contribution >= 4 is 21.5 Å². The number of nitrogens with one attached hydrogen (secondary N) is 1. The van der Waals surface area contributed by atoms with E-state index in [1.807, 2.05) is 6.20 Å². The van der Waals surface area contributed by atoms with Crippen LogP contribution in [0.1, 0.15) is 17.5 Å². The Kier molecular flexibility index (Phi) is 2.18. The third kappa shape index (κ3) is 1.54. The first-order valence-corrected chi connectivity index (χ1v) is 6.10. The molecule has 0 bridgehead atoms. The van der Waals surface area contributed by atoms with Crippen LogP contribution in [0.3, 0.4) is 0 Å². The van der Waals surface area contributed by atoms with Crippen LogP contribution >= 0.6 is 15.9 Å². The summed E-state index contributed by atoms with van der Waals surface area (Å²) >= 11 is 3.43. The predicted octanol–water partition coefficient (Wildman–Crippen LogP) is 2.53. The Balaban J connectivity index is 1.93. The van der Waals surface area contributed by atoms with Gasteiger partial charge in [-0.1, -0.05) is 6.08 Å². The van der Waals surface area contributed by atoms with E-state index in [0.29, 0.717) is 6.04 Å². The van der Waals surface area contributed by atoms with Crippen molar-refractivity contribution in [2.24, 2.45) is 5.92 Å². The van der Waals surface area contributed by atoms with Gasteiger partial charge in [-0.25, -0.2) is 4.98 Å². The van der Waals surface area contributed by atoms with Gasteiger partial charge >= 0.3 is 0 Å². The van der Waals surface area contributed by atoms with Gasteiger partial charge in [0.2, 0.25) is 0 Å². The van der Waals surface area contributed by atoms with Crippen LogP contribution in [0.4, 0.5) is 0 Å². The van der Waals surface area contributed by atoms with E-state index in [1.54, 1.807) is 0 Å². The summed E-state index contributed by atoms with van der Waals surface area (Å²) in [6.45, 7) is 3.24. The first-order valence-electron chi connectivity index (χ1n) is 5.30. The second-order valence-electron chi connectivity index (χ2n) is 4.41. The lowest BCUT2D eigenvalue weighted by atomic mass is 9.95.